The Morgan fingerprint density at radius 3 is 1.81 bits per heavy atom. The van der Waals surface area contributed by atoms with E-state index in [1.165, 1.54) is 44.9 Å². The molecule has 0 heterocycles. The van der Waals surface area contributed by atoms with Crippen LogP contribution in [0.15, 0.2) is 0 Å². The Morgan fingerprint density at radius 1 is 0.857 bits per heavy atom. The second-order valence-corrected chi connectivity index (χ2v) is 6.81. The summed E-state index contributed by atoms with van der Waals surface area (Å²) in [6.07, 6.45) is 12.1. The van der Waals surface area contributed by atoms with Gasteiger partial charge in [-0.3, -0.25) is 4.79 Å². The van der Waals surface area contributed by atoms with Crippen molar-refractivity contribution in [1.82, 2.24) is 0 Å². The first-order valence-corrected chi connectivity index (χ1v) is 8.42. The highest BCUT2D eigenvalue weighted by Crippen LogP contribution is 2.10. The number of nitrogens with zero attached hydrogens (tertiary/aromatic N) is 1. The molecule has 0 spiro atoms. The van der Waals surface area contributed by atoms with Crippen molar-refractivity contribution < 1.29 is 19.5 Å². The average molecular weight is 304 g/mol. The van der Waals surface area contributed by atoms with Crippen LogP contribution in [0.1, 0.15) is 71.1 Å². The summed E-state index contributed by atoms with van der Waals surface area (Å²) in [5.74, 6) is -0.0265. The van der Waals surface area contributed by atoms with Crippen LogP contribution in [0, 0.1) is 0 Å². The third kappa shape index (κ3) is 19.4. The molecule has 0 saturated carbocycles. The number of esters is 1. The Bertz CT molecular complexity index is 237. The van der Waals surface area contributed by atoms with Crippen LogP contribution in [0.3, 0.4) is 0 Å². The van der Waals surface area contributed by atoms with E-state index in [0.717, 1.165) is 23.9 Å². The van der Waals surface area contributed by atoms with E-state index in [2.05, 4.69) is 28.1 Å². The molecule has 21 heavy (non-hydrogen) atoms. The Kier molecular flexibility index (Phi) is 15.5. The number of ether oxygens (including phenoxy) is 1. The van der Waals surface area contributed by atoms with Gasteiger partial charge in [0, 0.05) is 6.42 Å². The number of quaternary nitrogens is 1. The monoisotopic (exact) mass is 304 g/mol. The van der Waals surface area contributed by atoms with E-state index in [1.807, 2.05) is 0 Å². The number of hydrogen-bond donors (Lipinski definition) is 0. The van der Waals surface area contributed by atoms with E-state index in [-0.39, 0.29) is 11.4 Å². The number of carbonyl (C=O) groups is 1. The molecule has 0 radical (unpaired) electrons. The third-order valence-corrected chi connectivity index (χ3v) is 3.51. The topological polar surface area (TPSA) is 57.8 Å². The summed E-state index contributed by atoms with van der Waals surface area (Å²) in [7, 11) is 6.32. The Hall–Kier alpha value is -0.610. The average Bonchev–Trinajstić information content (AvgIpc) is 2.35. The van der Waals surface area contributed by atoms with Crippen molar-refractivity contribution >= 4 is 5.97 Å². The van der Waals surface area contributed by atoms with Gasteiger partial charge in [0.2, 0.25) is 0 Å². The summed E-state index contributed by atoms with van der Waals surface area (Å²) in [5.41, 5.74) is 0. The number of unbranched alkanes of at least 4 members (excludes halogenated alkanes) is 8. The maximum Gasteiger partial charge on any atom is 0.305 e. The predicted octanol–water partition coefficient (Wildman–Crippen LogP) is 3.33. The van der Waals surface area contributed by atoms with Gasteiger partial charge < -0.3 is 14.7 Å². The highest BCUT2D eigenvalue weighted by molar-refractivity contribution is 5.69. The van der Waals surface area contributed by atoms with Crippen LogP contribution in [0.2, 0.25) is 0 Å². The van der Waals surface area contributed by atoms with Gasteiger partial charge in [-0.25, -0.2) is 0 Å². The lowest BCUT2D eigenvalue weighted by atomic mass is 10.1. The first-order chi connectivity index (χ1) is 9.45. The molecule has 0 aliphatic carbocycles. The lowest BCUT2D eigenvalue weighted by Gasteiger charge is -2.23. The minimum absolute atomic E-state index is 0. The third-order valence-electron chi connectivity index (χ3n) is 3.51. The number of likely N-dealkylation sites (N-methyl/N-ethyl adjacent to an activating group) is 1. The molecule has 0 aliphatic heterocycles. The largest absolute Gasteiger partial charge is 0.460 e. The van der Waals surface area contributed by atoms with E-state index in [4.69, 9.17) is 4.74 Å². The minimum Gasteiger partial charge on any atom is -0.460 e. The van der Waals surface area contributed by atoms with Gasteiger partial charge in [0.25, 0.3) is 0 Å². The van der Waals surface area contributed by atoms with Crippen molar-refractivity contribution in [3.63, 3.8) is 0 Å². The molecular formula is C17H38NO3+. The number of carbonyl (C=O) groups excluding carboxylic acids is 1. The van der Waals surface area contributed by atoms with Crippen molar-refractivity contribution in [2.24, 2.45) is 0 Å². The molecule has 128 valence electrons. The lowest BCUT2D eigenvalue weighted by molar-refractivity contribution is -0.870. The molecule has 0 aromatic heterocycles. The van der Waals surface area contributed by atoms with Crippen LogP contribution in [0.4, 0.5) is 0 Å². The molecule has 4 nitrogen and oxygen atoms in total. The molecule has 0 fully saturated rings. The SMILES string of the molecule is CCCCCCCCCCCC(=O)OCC[N+](C)(C)C.O. The zero-order valence-corrected chi connectivity index (χ0v) is 14.7. The minimum atomic E-state index is -0.0265. The van der Waals surface area contributed by atoms with Gasteiger partial charge in [0.05, 0.1) is 21.1 Å². The molecule has 0 saturated heterocycles. The zero-order chi connectivity index (χ0) is 15.3. The van der Waals surface area contributed by atoms with E-state index in [0.29, 0.717) is 13.0 Å². The van der Waals surface area contributed by atoms with Crippen LogP contribution in [-0.2, 0) is 9.53 Å². The zero-order valence-electron chi connectivity index (χ0n) is 14.7. The maximum absolute atomic E-state index is 11.5. The van der Waals surface area contributed by atoms with Crippen molar-refractivity contribution in [2.75, 3.05) is 34.3 Å². The first kappa shape index (κ1) is 22.7. The van der Waals surface area contributed by atoms with Crippen LogP contribution in [0.5, 0.6) is 0 Å². The van der Waals surface area contributed by atoms with Crippen LogP contribution in [-0.4, -0.2) is 50.2 Å². The summed E-state index contributed by atoms with van der Waals surface area (Å²) in [6.45, 7) is 3.67. The van der Waals surface area contributed by atoms with Crippen molar-refractivity contribution in [2.45, 2.75) is 71.1 Å². The lowest BCUT2D eigenvalue weighted by Crippen LogP contribution is -2.37. The van der Waals surface area contributed by atoms with Crippen LogP contribution < -0.4 is 0 Å². The van der Waals surface area contributed by atoms with E-state index in [1.54, 1.807) is 0 Å². The summed E-state index contributed by atoms with van der Waals surface area (Å²) in [4.78, 5) is 11.5. The van der Waals surface area contributed by atoms with E-state index >= 15 is 0 Å². The molecule has 0 aromatic rings. The second-order valence-electron chi connectivity index (χ2n) is 6.81. The molecule has 0 amide bonds. The number of hydrogen-bond acceptors (Lipinski definition) is 2. The molecule has 0 aromatic carbocycles. The van der Waals surface area contributed by atoms with Gasteiger partial charge in [-0.2, -0.15) is 0 Å². The van der Waals surface area contributed by atoms with Gasteiger partial charge in [-0.1, -0.05) is 58.3 Å². The summed E-state index contributed by atoms with van der Waals surface area (Å²) in [6, 6.07) is 0. The Morgan fingerprint density at radius 2 is 1.33 bits per heavy atom. The Labute approximate surface area is 131 Å². The van der Waals surface area contributed by atoms with E-state index < -0.39 is 0 Å². The van der Waals surface area contributed by atoms with Crippen molar-refractivity contribution in [3.8, 4) is 0 Å². The van der Waals surface area contributed by atoms with Crippen molar-refractivity contribution in [1.29, 1.82) is 0 Å². The molecule has 0 atom stereocenters. The summed E-state index contributed by atoms with van der Waals surface area (Å²) >= 11 is 0. The second kappa shape index (κ2) is 14.3. The molecule has 0 bridgehead atoms. The fourth-order valence-electron chi connectivity index (χ4n) is 2.09. The summed E-state index contributed by atoms with van der Waals surface area (Å²) < 4.78 is 6.07. The first-order valence-electron chi connectivity index (χ1n) is 8.42. The quantitative estimate of drug-likeness (QED) is 0.298. The maximum atomic E-state index is 11.5. The standard InChI is InChI=1S/C17H36NO2.H2O/c1-5-6-7-8-9-10-11-12-13-14-17(19)20-16-15-18(2,3)4;/h5-16H2,1-4H3;1H2/q+1;. The molecule has 0 rings (SSSR count). The predicted molar refractivity (Wildman–Crippen MR) is 89.3 cm³/mol. The summed E-state index contributed by atoms with van der Waals surface area (Å²) in [5, 5.41) is 0. The smallest absolute Gasteiger partial charge is 0.305 e. The molecular weight excluding hydrogens is 266 g/mol. The number of rotatable bonds is 13. The highest BCUT2D eigenvalue weighted by atomic mass is 16.5. The van der Waals surface area contributed by atoms with Crippen molar-refractivity contribution in [3.05, 3.63) is 0 Å². The van der Waals surface area contributed by atoms with Gasteiger partial charge in [0.1, 0.15) is 13.2 Å². The normalized spacial score (nSPS) is 11.0. The van der Waals surface area contributed by atoms with Crippen LogP contribution >= 0.6 is 0 Å². The molecule has 0 aliphatic rings. The van der Waals surface area contributed by atoms with Crippen LogP contribution in [0.25, 0.3) is 0 Å². The van der Waals surface area contributed by atoms with Gasteiger partial charge in [-0.05, 0) is 6.42 Å². The van der Waals surface area contributed by atoms with E-state index in [9.17, 15) is 4.79 Å². The highest BCUT2D eigenvalue weighted by Gasteiger charge is 2.08. The van der Waals surface area contributed by atoms with Gasteiger partial charge in [0.15, 0.2) is 0 Å². The fourth-order valence-corrected chi connectivity index (χ4v) is 2.09. The fraction of sp³-hybridized carbons (Fsp3) is 0.941. The molecule has 4 heteroatoms. The Balaban J connectivity index is 0. The molecule has 2 N–H and O–H groups in total. The van der Waals surface area contributed by atoms with Gasteiger partial charge in [-0.15, -0.1) is 0 Å². The molecule has 0 unspecified atom stereocenters. The van der Waals surface area contributed by atoms with Gasteiger partial charge >= 0.3 is 5.97 Å².